The van der Waals surface area contributed by atoms with Crippen molar-refractivity contribution < 1.29 is 9.53 Å². The third-order valence-electron chi connectivity index (χ3n) is 3.32. The van der Waals surface area contributed by atoms with Crippen molar-refractivity contribution in [2.75, 3.05) is 32.8 Å². The first-order valence-corrected chi connectivity index (χ1v) is 6.79. The molecule has 1 fully saturated rings. The third-order valence-corrected chi connectivity index (χ3v) is 3.32. The lowest BCUT2D eigenvalue weighted by atomic mass is 10.1. The van der Waals surface area contributed by atoms with Gasteiger partial charge in [-0.1, -0.05) is 6.92 Å². The molecule has 5 heteroatoms. The van der Waals surface area contributed by atoms with E-state index in [0.717, 1.165) is 38.3 Å². The fourth-order valence-electron chi connectivity index (χ4n) is 2.22. The highest BCUT2D eigenvalue weighted by molar-refractivity contribution is 5.78. The average molecular weight is 263 g/mol. The van der Waals surface area contributed by atoms with Crippen LogP contribution in [0.25, 0.3) is 0 Å². The monoisotopic (exact) mass is 263 g/mol. The number of aromatic nitrogens is 1. The molecule has 0 spiro atoms. The van der Waals surface area contributed by atoms with Crippen LogP contribution in [0.4, 0.5) is 0 Å². The Kier molecular flexibility index (Phi) is 5.30. The fraction of sp³-hybridized carbons (Fsp3) is 0.571. The molecule has 1 aromatic heterocycles. The summed E-state index contributed by atoms with van der Waals surface area (Å²) in [6, 6.07) is 3.96. The summed E-state index contributed by atoms with van der Waals surface area (Å²) in [5, 5.41) is 3.08. The van der Waals surface area contributed by atoms with Gasteiger partial charge in [-0.25, -0.2) is 0 Å². The molecule has 0 radical (unpaired) electrons. The molecule has 104 valence electrons. The van der Waals surface area contributed by atoms with Crippen LogP contribution < -0.4 is 5.32 Å². The van der Waals surface area contributed by atoms with Crippen molar-refractivity contribution in [1.82, 2.24) is 15.2 Å². The van der Waals surface area contributed by atoms with E-state index in [0.29, 0.717) is 6.54 Å². The molecule has 0 aromatic carbocycles. The van der Waals surface area contributed by atoms with Gasteiger partial charge < -0.3 is 10.1 Å². The van der Waals surface area contributed by atoms with Crippen LogP contribution in [0.3, 0.4) is 0 Å². The number of morpholine rings is 1. The molecule has 1 amide bonds. The van der Waals surface area contributed by atoms with Gasteiger partial charge in [-0.05, 0) is 24.1 Å². The Morgan fingerprint density at radius 2 is 2.11 bits per heavy atom. The molecule has 2 heterocycles. The molecule has 0 unspecified atom stereocenters. The lowest BCUT2D eigenvalue weighted by Gasteiger charge is -2.27. The number of hydrogen-bond acceptors (Lipinski definition) is 4. The van der Waals surface area contributed by atoms with Gasteiger partial charge in [0.1, 0.15) is 0 Å². The summed E-state index contributed by atoms with van der Waals surface area (Å²) in [5.41, 5.74) is 1.10. The summed E-state index contributed by atoms with van der Waals surface area (Å²) in [4.78, 5) is 18.2. The minimum atomic E-state index is 0.0662. The van der Waals surface area contributed by atoms with Crippen LogP contribution in [-0.4, -0.2) is 48.6 Å². The number of amides is 1. The zero-order valence-corrected chi connectivity index (χ0v) is 11.3. The molecule has 1 N–H and O–H groups in total. The Bertz CT molecular complexity index is 391. The van der Waals surface area contributed by atoms with E-state index in [1.165, 1.54) is 0 Å². The first kappa shape index (κ1) is 14.0. The van der Waals surface area contributed by atoms with Gasteiger partial charge in [-0.15, -0.1) is 0 Å². The zero-order valence-electron chi connectivity index (χ0n) is 11.3. The number of rotatable bonds is 5. The van der Waals surface area contributed by atoms with Crippen molar-refractivity contribution in [1.29, 1.82) is 0 Å². The first-order valence-electron chi connectivity index (χ1n) is 6.79. The maximum absolute atomic E-state index is 12.0. The van der Waals surface area contributed by atoms with Crippen molar-refractivity contribution in [3.05, 3.63) is 30.1 Å². The average Bonchev–Trinajstić information content (AvgIpc) is 2.47. The third kappa shape index (κ3) is 4.29. The Labute approximate surface area is 114 Å². The molecule has 0 aliphatic carbocycles. The summed E-state index contributed by atoms with van der Waals surface area (Å²) < 4.78 is 5.27. The van der Waals surface area contributed by atoms with Gasteiger partial charge in [0.25, 0.3) is 0 Å². The number of carbonyl (C=O) groups excluding carboxylic acids is 1. The van der Waals surface area contributed by atoms with E-state index >= 15 is 0 Å². The lowest BCUT2D eigenvalue weighted by molar-refractivity contribution is -0.124. The second-order valence-corrected chi connectivity index (χ2v) is 4.70. The number of nitrogens with one attached hydrogen (secondary N) is 1. The molecular weight excluding hydrogens is 242 g/mol. The lowest BCUT2D eigenvalue weighted by Crippen LogP contribution is -2.43. The molecule has 19 heavy (non-hydrogen) atoms. The second kappa shape index (κ2) is 7.21. The van der Waals surface area contributed by atoms with Gasteiger partial charge in [0.15, 0.2) is 0 Å². The van der Waals surface area contributed by atoms with Crippen molar-refractivity contribution in [2.24, 2.45) is 0 Å². The van der Waals surface area contributed by atoms with E-state index in [1.54, 1.807) is 12.4 Å². The first-order chi connectivity index (χ1) is 9.29. The summed E-state index contributed by atoms with van der Waals surface area (Å²) in [7, 11) is 0. The van der Waals surface area contributed by atoms with E-state index in [-0.39, 0.29) is 11.9 Å². The molecule has 1 saturated heterocycles. The fourth-order valence-corrected chi connectivity index (χ4v) is 2.22. The van der Waals surface area contributed by atoms with Crippen molar-refractivity contribution in [2.45, 2.75) is 19.4 Å². The number of carbonyl (C=O) groups is 1. The van der Waals surface area contributed by atoms with E-state index in [9.17, 15) is 4.79 Å². The highest BCUT2D eigenvalue weighted by atomic mass is 16.5. The minimum Gasteiger partial charge on any atom is -0.379 e. The molecule has 1 aliphatic heterocycles. The summed E-state index contributed by atoms with van der Waals surface area (Å²) in [6.45, 7) is 5.62. The van der Waals surface area contributed by atoms with Crippen LogP contribution in [0, 0.1) is 0 Å². The number of hydrogen-bond donors (Lipinski definition) is 1. The predicted molar refractivity (Wildman–Crippen MR) is 72.7 cm³/mol. The van der Waals surface area contributed by atoms with Crippen LogP contribution in [0.1, 0.15) is 24.9 Å². The number of pyridine rings is 1. The highest BCUT2D eigenvalue weighted by Gasteiger charge is 2.17. The minimum absolute atomic E-state index is 0.0662. The van der Waals surface area contributed by atoms with E-state index in [2.05, 4.69) is 22.1 Å². The van der Waals surface area contributed by atoms with Crippen LogP contribution in [0.2, 0.25) is 0 Å². The van der Waals surface area contributed by atoms with Gasteiger partial charge >= 0.3 is 0 Å². The van der Waals surface area contributed by atoms with Gasteiger partial charge in [-0.3, -0.25) is 14.7 Å². The highest BCUT2D eigenvalue weighted by Crippen LogP contribution is 2.15. The molecule has 0 bridgehead atoms. The van der Waals surface area contributed by atoms with Crippen LogP contribution in [-0.2, 0) is 9.53 Å². The van der Waals surface area contributed by atoms with Crippen molar-refractivity contribution in [3.63, 3.8) is 0 Å². The Hall–Kier alpha value is -1.46. The number of ether oxygens (including phenoxy) is 1. The molecule has 1 aromatic rings. The topological polar surface area (TPSA) is 54.5 Å². The summed E-state index contributed by atoms with van der Waals surface area (Å²) in [5.74, 6) is 0.0746. The van der Waals surface area contributed by atoms with E-state index in [4.69, 9.17) is 4.74 Å². The SMILES string of the molecule is CC[C@H](NC(=O)CN1CCOCC1)c1ccncc1. The van der Waals surface area contributed by atoms with E-state index < -0.39 is 0 Å². The van der Waals surface area contributed by atoms with Gasteiger partial charge in [-0.2, -0.15) is 0 Å². The Morgan fingerprint density at radius 3 is 2.74 bits per heavy atom. The normalized spacial score (nSPS) is 17.9. The summed E-state index contributed by atoms with van der Waals surface area (Å²) in [6.07, 6.45) is 4.39. The molecule has 2 rings (SSSR count). The maximum Gasteiger partial charge on any atom is 0.234 e. The van der Waals surface area contributed by atoms with Crippen molar-refractivity contribution in [3.8, 4) is 0 Å². The molecule has 1 aliphatic rings. The van der Waals surface area contributed by atoms with Gasteiger partial charge in [0.2, 0.25) is 5.91 Å². The standard InChI is InChI=1S/C14H21N3O2/c1-2-13(12-3-5-15-6-4-12)16-14(18)11-17-7-9-19-10-8-17/h3-6,13H,2,7-11H2,1H3,(H,16,18)/t13-/m0/s1. The second-order valence-electron chi connectivity index (χ2n) is 4.70. The molecule has 1 atom stereocenters. The van der Waals surface area contributed by atoms with Crippen molar-refractivity contribution >= 4 is 5.91 Å². The van der Waals surface area contributed by atoms with Crippen LogP contribution >= 0.6 is 0 Å². The predicted octanol–water partition coefficient (Wildman–Crippen LogP) is 0.981. The smallest absolute Gasteiger partial charge is 0.234 e. The largest absolute Gasteiger partial charge is 0.379 e. The Morgan fingerprint density at radius 1 is 1.42 bits per heavy atom. The van der Waals surface area contributed by atoms with Gasteiger partial charge in [0.05, 0.1) is 25.8 Å². The maximum atomic E-state index is 12.0. The quantitative estimate of drug-likeness (QED) is 0.860. The number of nitrogens with zero attached hydrogens (tertiary/aromatic N) is 2. The summed E-state index contributed by atoms with van der Waals surface area (Å²) >= 11 is 0. The van der Waals surface area contributed by atoms with E-state index in [1.807, 2.05) is 12.1 Å². The van der Waals surface area contributed by atoms with Crippen LogP contribution in [0.5, 0.6) is 0 Å². The van der Waals surface area contributed by atoms with Gasteiger partial charge in [0, 0.05) is 25.5 Å². The molecular formula is C14H21N3O2. The van der Waals surface area contributed by atoms with Crippen LogP contribution in [0.15, 0.2) is 24.5 Å². The Balaban J connectivity index is 1.85. The zero-order chi connectivity index (χ0) is 13.5. The molecule has 0 saturated carbocycles. The molecule has 5 nitrogen and oxygen atoms in total.